The average Bonchev–Trinajstić information content (AvgIpc) is 2.43. The number of hydrogen-bond acceptors (Lipinski definition) is 2. The average molecular weight is 277 g/mol. The van der Waals surface area contributed by atoms with Gasteiger partial charge in [-0.05, 0) is 31.7 Å². The zero-order valence-corrected chi connectivity index (χ0v) is 11.5. The summed E-state index contributed by atoms with van der Waals surface area (Å²) >= 11 is 0. The molecule has 2 rings (SSSR count). The maximum Gasteiger partial charge on any atom is 0.165 e. The van der Waals surface area contributed by atoms with Gasteiger partial charge in [0.2, 0.25) is 0 Å². The van der Waals surface area contributed by atoms with Crippen LogP contribution in [0.3, 0.4) is 0 Å². The number of aryl methyl sites for hydroxylation is 1. The minimum absolute atomic E-state index is 0.105. The molecule has 0 aliphatic carbocycles. The van der Waals surface area contributed by atoms with Crippen molar-refractivity contribution in [3.8, 4) is 11.5 Å². The van der Waals surface area contributed by atoms with E-state index in [9.17, 15) is 8.78 Å². The van der Waals surface area contributed by atoms with E-state index in [-0.39, 0.29) is 5.75 Å². The summed E-state index contributed by atoms with van der Waals surface area (Å²) in [6, 6.07) is 8.79. The molecule has 0 aliphatic heterocycles. The van der Waals surface area contributed by atoms with Crippen LogP contribution in [0.4, 0.5) is 8.78 Å². The molecule has 0 unspecified atom stereocenters. The first-order chi connectivity index (χ1) is 9.60. The van der Waals surface area contributed by atoms with Crippen LogP contribution in [0.5, 0.6) is 11.5 Å². The normalized spacial score (nSPS) is 10.6. The number of ether oxygens (including phenoxy) is 1. The highest BCUT2D eigenvalue weighted by atomic mass is 19.1. The van der Waals surface area contributed by atoms with Crippen LogP contribution >= 0.6 is 0 Å². The van der Waals surface area contributed by atoms with Crippen molar-refractivity contribution < 1.29 is 13.5 Å². The number of rotatable bonds is 5. The van der Waals surface area contributed by atoms with Crippen molar-refractivity contribution in [3.63, 3.8) is 0 Å². The second-order valence-electron chi connectivity index (χ2n) is 4.57. The number of benzene rings is 2. The van der Waals surface area contributed by atoms with Crippen LogP contribution in [0.2, 0.25) is 0 Å². The number of halogens is 2. The molecule has 0 saturated carbocycles. The van der Waals surface area contributed by atoms with Crippen molar-refractivity contribution in [2.45, 2.75) is 20.4 Å². The summed E-state index contributed by atoms with van der Waals surface area (Å²) in [6.45, 7) is 5.41. The van der Waals surface area contributed by atoms with E-state index in [4.69, 9.17) is 4.74 Å². The second kappa shape index (κ2) is 6.48. The van der Waals surface area contributed by atoms with Gasteiger partial charge in [-0.3, -0.25) is 0 Å². The van der Waals surface area contributed by atoms with Gasteiger partial charge in [0.15, 0.2) is 11.6 Å². The quantitative estimate of drug-likeness (QED) is 0.885. The molecule has 2 aromatic rings. The lowest BCUT2D eigenvalue weighted by molar-refractivity contribution is 0.430. The van der Waals surface area contributed by atoms with Gasteiger partial charge in [-0.1, -0.05) is 24.6 Å². The third kappa shape index (κ3) is 3.54. The predicted octanol–water partition coefficient (Wildman–Crippen LogP) is 4.18. The van der Waals surface area contributed by atoms with Gasteiger partial charge in [0.25, 0.3) is 0 Å². The molecule has 0 saturated heterocycles. The van der Waals surface area contributed by atoms with E-state index in [0.717, 1.165) is 35.9 Å². The fourth-order valence-electron chi connectivity index (χ4n) is 1.88. The van der Waals surface area contributed by atoms with Gasteiger partial charge < -0.3 is 10.1 Å². The Kier molecular flexibility index (Phi) is 4.69. The third-order valence-electron chi connectivity index (χ3n) is 2.89. The molecule has 0 amide bonds. The van der Waals surface area contributed by atoms with Crippen LogP contribution in [0.15, 0.2) is 36.4 Å². The SMILES string of the molecule is CCNCc1cc(C)ccc1Oc1cc(F)ccc1F. The lowest BCUT2D eigenvalue weighted by Gasteiger charge is -2.13. The van der Waals surface area contributed by atoms with Crippen molar-refractivity contribution in [1.29, 1.82) is 0 Å². The van der Waals surface area contributed by atoms with Crippen LogP contribution in [-0.2, 0) is 6.54 Å². The minimum Gasteiger partial charge on any atom is -0.454 e. The molecule has 0 heterocycles. The van der Waals surface area contributed by atoms with E-state index in [1.54, 1.807) is 6.07 Å². The maximum absolute atomic E-state index is 13.6. The van der Waals surface area contributed by atoms with Crippen LogP contribution in [0.25, 0.3) is 0 Å². The molecule has 4 heteroatoms. The summed E-state index contributed by atoms with van der Waals surface area (Å²) in [4.78, 5) is 0. The van der Waals surface area contributed by atoms with Gasteiger partial charge in [0.05, 0.1) is 0 Å². The molecule has 0 bridgehead atoms. The van der Waals surface area contributed by atoms with E-state index < -0.39 is 11.6 Å². The molecule has 0 radical (unpaired) electrons. The summed E-state index contributed by atoms with van der Waals surface area (Å²) in [5.41, 5.74) is 2.00. The van der Waals surface area contributed by atoms with Crippen molar-refractivity contribution in [2.75, 3.05) is 6.54 Å². The van der Waals surface area contributed by atoms with Crippen molar-refractivity contribution in [3.05, 3.63) is 59.2 Å². The van der Waals surface area contributed by atoms with E-state index in [2.05, 4.69) is 5.32 Å². The maximum atomic E-state index is 13.6. The van der Waals surface area contributed by atoms with E-state index in [1.165, 1.54) is 0 Å². The molecular weight excluding hydrogens is 260 g/mol. The monoisotopic (exact) mass is 277 g/mol. The summed E-state index contributed by atoms with van der Waals surface area (Å²) in [5, 5.41) is 3.20. The van der Waals surface area contributed by atoms with Gasteiger partial charge in [-0.15, -0.1) is 0 Å². The van der Waals surface area contributed by atoms with Gasteiger partial charge in [0.1, 0.15) is 11.6 Å². The molecule has 0 spiro atoms. The Hall–Kier alpha value is -1.94. The summed E-state index contributed by atoms with van der Waals surface area (Å²) < 4.78 is 32.3. The predicted molar refractivity (Wildman–Crippen MR) is 75.0 cm³/mol. The largest absolute Gasteiger partial charge is 0.454 e. The Bertz CT molecular complexity index is 599. The Morgan fingerprint density at radius 2 is 1.85 bits per heavy atom. The lowest BCUT2D eigenvalue weighted by atomic mass is 10.1. The molecule has 2 aromatic carbocycles. The number of nitrogens with one attached hydrogen (secondary N) is 1. The van der Waals surface area contributed by atoms with Gasteiger partial charge in [-0.2, -0.15) is 0 Å². The minimum atomic E-state index is -0.582. The van der Waals surface area contributed by atoms with Crippen molar-refractivity contribution >= 4 is 0 Å². The second-order valence-corrected chi connectivity index (χ2v) is 4.57. The Balaban J connectivity index is 2.30. The molecule has 2 nitrogen and oxygen atoms in total. The third-order valence-corrected chi connectivity index (χ3v) is 2.89. The molecule has 1 N–H and O–H groups in total. The molecule has 106 valence electrons. The first-order valence-corrected chi connectivity index (χ1v) is 6.53. The molecule has 20 heavy (non-hydrogen) atoms. The van der Waals surface area contributed by atoms with Crippen LogP contribution in [-0.4, -0.2) is 6.54 Å². The molecule has 0 fully saturated rings. The fraction of sp³-hybridized carbons (Fsp3) is 0.250. The summed E-state index contributed by atoms with van der Waals surface area (Å²) in [5.74, 6) is -0.684. The Morgan fingerprint density at radius 1 is 1.05 bits per heavy atom. The van der Waals surface area contributed by atoms with Crippen LogP contribution in [0, 0.1) is 18.6 Å². The molecular formula is C16H17F2NO. The molecule has 0 aromatic heterocycles. The van der Waals surface area contributed by atoms with Crippen molar-refractivity contribution in [1.82, 2.24) is 5.32 Å². The van der Waals surface area contributed by atoms with Crippen LogP contribution in [0.1, 0.15) is 18.1 Å². The summed E-state index contributed by atoms with van der Waals surface area (Å²) in [6.07, 6.45) is 0. The van der Waals surface area contributed by atoms with Gasteiger partial charge in [0, 0.05) is 18.2 Å². The van der Waals surface area contributed by atoms with E-state index >= 15 is 0 Å². The Labute approximate surface area is 117 Å². The smallest absolute Gasteiger partial charge is 0.165 e. The Morgan fingerprint density at radius 3 is 2.60 bits per heavy atom. The fourth-order valence-corrected chi connectivity index (χ4v) is 1.88. The highest BCUT2D eigenvalue weighted by Crippen LogP contribution is 2.28. The molecule has 0 aliphatic rings. The summed E-state index contributed by atoms with van der Waals surface area (Å²) in [7, 11) is 0. The molecule has 0 atom stereocenters. The highest BCUT2D eigenvalue weighted by Gasteiger charge is 2.10. The van der Waals surface area contributed by atoms with E-state index in [1.807, 2.05) is 26.0 Å². The lowest BCUT2D eigenvalue weighted by Crippen LogP contribution is -2.12. The standard InChI is InChI=1S/C16H17F2NO/c1-3-19-10-12-8-11(2)4-7-15(12)20-16-9-13(17)5-6-14(16)18/h4-9,19H,3,10H2,1-2H3. The van der Waals surface area contributed by atoms with Crippen molar-refractivity contribution in [2.24, 2.45) is 0 Å². The highest BCUT2D eigenvalue weighted by molar-refractivity contribution is 5.40. The van der Waals surface area contributed by atoms with E-state index in [0.29, 0.717) is 12.3 Å². The van der Waals surface area contributed by atoms with Gasteiger partial charge in [-0.25, -0.2) is 8.78 Å². The topological polar surface area (TPSA) is 21.3 Å². The zero-order valence-electron chi connectivity index (χ0n) is 11.5. The first-order valence-electron chi connectivity index (χ1n) is 6.53. The van der Waals surface area contributed by atoms with Crippen LogP contribution < -0.4 is 10.1 Å². The van der Waals surface area contributed by atoms with Gasteiger partial charge >= 0.3 is 0 Å². The zero-order chi connectivity index (χ0) is 14.5. The number of hydrogen-bond donors (Lipinski definition) is 1. The first kappa shape index (κ1) is 14.5.